The highest BCUT2D eigenvalue weighted by Gasteiger charge is 2.07. The van der Waals surface area contributed by atoms with Crippen LogP contribution in [0.4, 0.5) is 5.69 Å². The first-order valence-corrected chi connectivity index (χ1v) is 6.98. The summed E-state index contributed by atoms with van der Waals surface area (Å²) in [5, 5.41) is 12.6. The zero-order chi connectivity index (χ0) is 15.4. The van der Waals surface area contributed by atoms with Crippen molar-refractivity contribution in [3.05, 3.63) is 60.3 Å². The zero-order valence-corrected chi connectivity index (χ0v) is 11.9. The lowest BCUT2D eigenvalue weighted by Crippen LogP contribution is -2.11. The Balaban J connectivity index is 1.70. The average molecular weight is 296 g/mol. The fraction of sp³-hybridized carbons (Fsp3) is 0.118. The lowest BCUT2D eigenvalue weighted by molar-refractivity contribution is 0.102. The summed E-state index contributed by atoms with van der Waals surface area (Å²) in [7, 11) is 0. The molecule has 0 bridgehead atoms. The second kappa shape index (κ2) is 6.32. The normalized spacial score (nSPS) is 10.6. The first kappa shape index (κ1) is 14.2. The third kappa shape index (κ3) is 3.10. The van der Waals surface area contributed by atoms with Gasteiger partial charge in [-0.3, -0.25) is 4.79 Å². The maximum absolute atomic E-state index is 12.2. The summed E-state index contributed by atoms with van der Waals surface area (Å²) >= 11 is 0. The van der Waals surface area contributed by atoms with Gasteiger partial charge in [-0.15, -0.1) is 0 Å². The van der Waals surface area contributed by atoms with Gasteiger partial charge in [0, 0.05) is 23.0 Å². The second-order valence-electron chi connectivity index (χ2n) is 4.83. The van der Waals surface area contributed by atoms with Gasteiger partial charge in [0.2, 0.25) is 0 Å². The van der Waals surface area contributed by atoms with Gasteiger partial charge in [0.1, 0.15) is 12.4 Å². The van der Waals surface area contributed by atoms with E-state index < -0.39 is 0 Å². The minimum absolute atomic E-state index is 0.0281. The van der Waals surface area contributed by atoms with E-state index in [-0.39, 0.29) is 19.1 Å². The molecule has 0 aliphatic heterocycles. The van der Waals surface area contributed by atoms with E-state index in [0.717, 1.165) is 10.9 Å². The topological polar surface area (TPSA) is 74.3 Å². The van der Waals surface area contributed by atoms with Gasteiger partial charge in [-0.2, -0.15) is 0 Å². The summed E-state index contributed by atoms with van der Waals surface area (Å²) in [6.07, 6.45) is 1.84. The van der Waals surface area contributed by atoms with Crippen molar-refractivity contribution in [2.24, 2.45) is 0 Å². The highest BCUT2D eigenvalue weighted by Crippen LogP contribution is 2.18. The van der Waals surface area contributed by atoms with Crippen molar-refractivity contribution in [3.8, 4) is 5.75 Å². The number of hydrogen-bond donors (Lipinski definition) is 3. The van der Waals surface area contributed by atoms with Crippen LogP contribution in [0.2, 0.25) is 0 Å². The molecule has 3 N–H and O–H groups in total. The molecule has 5 nitrogen and oxygen atoms in total. The van der Waals surface area contributed by atoms with Crippen molar-refractivity contribution in [3.63, 3.8) is 0 Å². The number of rotatable bonds is 5. The quantitative estimate of drug-likeness (QED) is 0.677. The number of benzene rings is 2. The third-order valence-corrected chi connectivity index (χ3v) is 3.29. The predicted molar refractivity (Wildman–Crippen MR) is 85.3 cm³/mol. The van der Waals surface area contributed by atoms with Crippen molar-refractivity contribution >= 4 is 22.5 Å². The minimum Gasteiger partial charge on any atom is -0.491 e. The molecule has 22 heavy (non-hydrogen) atoms. The van der Waals surface area contributed by atoms with E-state index >= 15 is 0 Å². The van der Waals surface area contributed by atoms with Crippen molar-refractivity contribution in [1.29, 1.82) is 0 Å². The maximum Gasteiger partial charge on any atom is 0.255 e. The van der Waals surface area contributed by atoms with E-state index in [1.807, 2.05) is 24.4 Å². The smallest absolute Gasteiger partial charge is 0.255 e. The number of ether oxygens (including phenoxy) is 1. The molecule has 1 amide bonds. The summed E-state index contributed by atoms with van der Waals surface area (Å²) in [6.45, 7) is 0.224. The Morgan fingerprint density at radius 2 is 1.95 bits per heavy atom. The van der Waals surface area contributed by atoms with Crippen LogP contribution in [0.15, 0.2) is 54.7 Å². The Bertz CT molecular complexity index is 778. The molecule has 2 aromatic carbocycles. The molecule has 0 unspecified atom stereocenters. The number of carbonyl (C=O) groups is 1. The fourth-order valence-electron chi connectivity index (χ4n) is 2.19. The van der Waals surface area contributed by atoms with Crippen molar-refractivity contribution in [2.75, 3.05) is 18.5 Å². The van der Waals surface area contributed by atoms with E-state index in [1.165, 1.54) is 0 Å². The van der Waals surface area contributed by atoms with Crippen LogP contribution in [0.5, 0.6) is 5.75 Å². The SMILES string of the molecule is O=C(Nc1ccc(OCCO)cc1)c1ccc2cc[nH]c2c1. The van der Waals surface area contributed by atoms with Gasteiger partial charge in [-0.25, -0.2) is 0 Å². The summed E-state index contributed by atoms with van der Waals surface area (Å²) in [6, 6.07) is 14.5. The summed E-state index contributed by atoms with van der Waals surface area (Å²) in [4.78, 5) is 15.3. The van der Waals surface area contributed by atoms with E-state index in [0.29, 0.717) is 17.0 Å². The van der Waals surface area contributed by atoms with Gasteiger partial charge in [0.05, 0.1) is 6.61 Å². The highest BCUT2D eigenvalue weighted by atomic mass is 16.5. The zero-order valence-electron chi connectivity index (χ0n) is 11.9. The van der Waals surface area contributed by atoms with Gasteiger partial charge in [0.15, 0.2) is 0 Å². The Hall–Kier alpha value is -2.79. The molecule has 1 aromatic heterocycles. The molecule has 1 heterocycles. The number of anilines is 1. The Labute approximate surface area is 127 Å². The number of H-pyrrole nitrogens is 1. The molecule has 0 spiro atoms. The molecular formula is C17H16N2O3. The molecule has 0 fully saturated rings. The number of carbonyl (C=O) groups excluding carboxylic acids is 1. The first-order chi connectivity index (χ1) is 10.8. The molecule has 3 rings (SSSR count). The summed E-state index contributed by atoms with van der Waals surface area (Å²) in [5.74, 6) is 0.486. The Morgan fingerprint density at radius 1 is 1.14 bits per heavy atom. The van der Waals surface area contributed by atoms with E-state index in [1.54, 1.807) is 30.3 Å². The van der Waals surface area contributed by atoms with Crippen LogP contribution in [0, 0.1) is 0 Å². The second-order valence-corrected chi connectivity index (χ2v) is 4.83. The Kier molecular flexibility index (Phi) is 4.07. The predicted octanol–water partition coefficient (Wildman–Crippen LogP) is 2.79. The number of aliphatic hydroxyl groups excluding tert-OH is 1. The molecule has 112 valence electrons. The van der Waals surface area contributed by atoms with Crippen LogP contribution in [0.3, 0.4) is 0 Å². The lowest BCUT2D eigenvalue weighted by Gasteiger charge is -2.07. The van der Waals surface area contributed by atoms with E-state index in [9.17, 15) is 4.79 Å². The number of amides is 1. The third-order valence-electron chi connectivity index (χ3n) is 3.29. The van der Waals surface area contributed by atoms with Gasteiger partial charge in [-0.05, 0) is 47.9 Å². The van der Waals surface area contributed by atoms with Crippen LogP contribution in [-0.4, -0.2) is 29.2 Å². The molecule has 0 aliphatic carbocycles. The van der Waals surface area contributed by atoms with Crippen LogP contribution < -0.4 is 10.1 Å². The molecule has 0 saturated heterocycles. The molecule has 0 saturated carbocycles. The lowest BCUT2D eigenvalue weighted by atomic mass is 10.1. The van der Waals surface area contributed by atoms with Crippen LogP contribution in [0.1, 0.15) is 10.4 Å². The Morgan fingerprint density at radius 3 is 2.73 bits per heavy atom. The number of fused-ring (bicyclic) bond motifs is 1. The number of aromatic nitrogens is 1. The van der Waals surface area contributed by atoms with E-state index in [2.05, 4.69) is 10.3 Å². The molecule has 0 aliphatic rings. The van der Waals surface area contributed by atoms with Gasteiger partial charge < -0.3 is 20.1 Å². The number of aliphatic hydroxyl groups is 1. The molecule has 5 heteroatoms. The maximum atomic E-state index is 12.2. The monoisotopic (exact) mass is 296 g/mol. The van der Waals surface area contributed by atoms with Crippen molar-refractivity contribution in [1.82, 2.24) is 4.98 Å². The van der Waals surface area contributed by atoms with Crippen molar-refractivity contribution in [2.45, 2.75) is 0 Å². The average Bonchev–Trinajstić information content (AvgIpc) is 3.01. The molecule has 0 atom stereocenters. The number of aromatic amines is 1. The largest absolute Gasteiger partial charge is 0.491 e. The van der Waals surface area contributed by atoms with Gasteiger partial charge in [0.25, 0.3) is 5.91 Å². The molecular weight excluding hydrogens is 280 g/mol. The highest BCUT2D eigenvalue weighted by molar-refractivity contribution is 6.06. The van der Waals surface area contributed by atoms with E-state index in [4.69, 9.17) is 9.84 Å². The summed E-state index contributed by atoms with van der Waals surface area (Å²) < 4.78 is 5.27. The minimum atomic E-state index is -0.166. The fourth-order valence-corrected chi connectivity index (χ4v) is 2.19. The number of nitrogens with one attached hydrogen (secondary N) is 2. The standard InChI is InChI=1S/C17H16N2O3/c20-9-10-22-15-5-3-14(4-6-15)19-17(21)13-2-1-12-7-8-18-16(12)11-13/h1-8,11,18,20H,9-10H2,(H,19,21). The van der Waals surface area contributed by atoms with Crippen LogP contribution in [0.25, 0.3) is 10.9 Å². The first-order valence-electron chi connectivity index (χ1n) is 6.98. The van der Waals surface area contributed by atoms with Gasteiger partial charge >= 0.3 is 0 Å². The van der Waals surface area contributed by atoms with Crippen LogP contribution >= 0.6 is 0 Å². The van der Waals surface area contributed by atoms with Crippen molar-refractivity contribution < 1.29 is 14.6 Å². The van der Waals surface area contributed by atoms with Gasteiger partial charge in [-0.1, -0.05) is 6.07 Å². The summed E-state index contributed by atoms with van der Waals surface area (Å²) in [5.41, 5.74) is 2.21. The number of hydrogen-bond acceptors (Lipinski definition) is 3. The molecule has 0 radical (unpaired) electrons. The molecule has 3 aromatic rings. The van der Waals surface area contributed by atoms with Crippen LogP contribution in [-0.2, 0) is 0 Å².